The summed E-state index contributed by atoms with van der Waals surface area (Å²) >= 11 is 3.31. The van der Waals surface area contributed by atoms with Crippen molar-refractivity contribution in [2.24, 2.45) is 0 Å². The van der Waals surface area contributed by atoms with Gasteiger partial charge >= 0.3 is 5.97 Å². The molecule has 4 rings (SSSR count). The third kappa shape index (κ3) is 4.77. The molecule has 6 nitrogen and oxygen atoms in total. The molecule has 152 valence electrons. The van der Waals surface area contributed by atoms with Gasteiger partial charge in [-0.15, -0.1) is 23.1 Å². The second-order valence-corrected chi connectivity index (χ2v) is 8.88. The minimum absolute atomic E-state index is 0.0573. The lowest BCUT2D eigenvalue weighted by molar-refractivity contribution is 0.0467. The van der Waals surface area contributed by atoms with Crippen molar-refractivity contribution >= 4 is 34.7 Å². The van der Waals surface area contributed by atoms with Gasteiger partial charge in [0.1, 0.15) is 12.3 Å². The number of thiazole rings is 1. The SMILES string of the molecule is Cc1ccn2c(=O)cc(COC(=O)c3ccc(SCc4csc(C)n4)cc3)nc2c1. The van der Waals surface area contributed by atoms with Gasteiger partial charge in [0.2, 0.25) is 0 Å². The Labute approximate surface area is 181 Å². The van der Waals surface area contributed by atoms with Gasteiger partial charge in [-0.3, -0.25) is 9.20 Å². The molecular weight excluding hydrogens is 418 g/mol. The van der Waals surface area contributed by atoms with Crippen molar-refractivity contribution in [2.75, 3.05) is 0 Å². The molecule has 0 amide bonds. The van der Waals surface area contributed by atoms with Gasteiger partial charge in [0.25, 0.3) is 5.56 Å². The molecule has 0 saturated carbocycles. The van der Waals surface area contributed by atoms with Gasteiger partial charge in [0, 0.05) is 28.3 Å². The van der Waals surface area contributed by atoms with Crippen LogP contribution in [0.25, 0.3) is 5.65 Å². The minimum atomic E-state index is -0.451. The highest BCUT2D eigenvalue weighted by molar-refractivity contribution is 7.98. The molecule has 0 spiro atoms. The number of hydrogen-bond acceptors (Lipinski definition) is 7. The van der Waals surface area contributed by atoms with E-state index in [1.54, 1.807) is 41.4 Å². The highest BCUT2D eigenvalue weighted by atomic mass is 32.2. The number of hydrogen-bond donors (Lipinski definition) is 0. The number of carbonyl (C=O) groups excluding carboxylic acids is 1. The summed E-state index contributed by atoms with van der Waals surface area (Å²) in [6, 6.07) is 12.3. The zero-order valence-corrected chi connectivity index (χ0v) is 18.1. The Morgan fingerprint density at radius 2 is 1.90 bits per heavy atom. The van der Waals surface area contributed by atoms with Crippen LogP contribution >= 0.6 is 23.1 Å². The first-order valence-corrected chi connectivity index (χ1v) is 11.1. The normalized spacial score (nSPS) is 11.0. The maximum absolute atomic E-state index is 12.4. The third-order valence-corrected chi connectivity index (χ3v) is 6.24. The molecule has 0 bridgehead atoms. The first kappa shape index (κ1) is 20.3. The van der Waals surface area contributed by atoms with E-state index in [9.17, 15) is 9.59 Å². The van der Waals surface area contributed by atoms with E-state index in [4.69, 9.17) is 4.74 Å². The van der Waals surface area contributed by atoms with Gasteiger partial charge in [-0.1, -0.05) is 0 Å². The molecule has 0 fully saturated rings. The van der Waals surface area contributed by atoms with E-state index in [-0.39, 0.29) is 12.2 Å². The first-order valence-electron chi connectivity index (χ1n) is 9.28. The molecule has 0 aliphatic rings. The standard InChI is InChI=1S/C22H19N3O3S2/c1-14-7-8-25-20(9-14)24-17(10-21(25)26)11-28-22(27)16-3-5-19(6-4-16)30-13-18-12-29-15(2)23-18/h3-10,12H,11,13H2,1-2H3. The number of rotatable bonds is 6. The van der Waals surface area contributed by atoms with Crippen molar-refractivity contribution in [3.8, 4) is 0 Å². The predicted octanol–water partition coefficient (Wildman–Crippen LogP) is 4.42. The number of ether oxygens (including phenoxy) is 1. The molecule has 0 unspecified atom stereocenters. The van der Waals surface area contributed by atoms with E-state index in [2.05, 4.69) is 15.3 Å². The Bertz CT molecular complexity index is 1260. The minimum Gasteiger partial charge on any atom is -0.456 e. The largest absolute Gasteiger partial charge is 0.456 e. The van der Waals surface area contributed by atoms with Crippen LogP contribution in [0, 0.1) is 13.8 Å². The average molecular weight is 438 g/mol. The second kappa shape index (κ2) is 8.81. The summed E-state index contributed by atoms with van der Waals surface area (Å²) in [5.74, 6) is 0.337. The Kier molecular flexibility index (Phi) is 5.96. The number of thioether (sulfide) groups is 1. The van der Waals surface area contributed by atoms with Crippen LogP contribution in [0.15, 0.2) is 63.7 Å². The van der Waals surface area contributed by atoms with Gasteiger partial charge in [0.05, 0.1) is 22.0 Å². The number of carbonyl (C=O) groups is 1. The molecule has 0 saturated heterocycles. The summed E-state index contributed by atoms with van der Waals surface area (Å²) in [5.41, 5.74) is 3.26. The van der Waals surface area contributed by atoms with E-state index in [1.165, 1.54) is 10.5 Å². The maximum Gasteiger partial charge on any atom is 0.338 e. The van der Waals surface area contributed by atoms with Crippen molar-refractivity contribution in [3.05, 3.63) is 91.9 Å². The first-order chi connectivity index (χ1) is 14.5. The lowest BCUT2D eigenvalue weighted by Crippen LogP contribution is -2.16. The molecule has 30 heavy (non-hydrogen) atoms. The quantitative estimate of drug-likeness (QED) is 0.328. The molecule has 0 aliphatic heterocycles. The van der Waals surface area contributed by atoms with Gasteiger partial charge in [-0.2, -0.15) is 0 Å². The highest BCUT2D eigenvalue weighted by Gasteiger charge is 2.10. The number of pyridine rings is 1. The Balaban J connectivity index is 1.38. The lowest BCUT2D eigenvalue weighted by atomic mass is 10.2. The molecule has 4 aromatic rings. The van der Waals surface area contributed by atoms with Crippen LogP contribution in [-0.4, -0.2) is 20.3 Å². The van der Waals surface area contributed by atoms with Crippen LogP contribution in [0.3, 0.4) is 0 Å². The van der Waals surface area contributed by atoms with E-state index < -0.39 is 5.97 Å². The molecular formula is C22H19N3O3S2. The van der Waals surface area contributed by atoms with Crippen LogP contribution in [0.1, 0.15) is 32.3 Å². The zero-order valence-electron chi connectivity index (χ0n) is 16.5. The number of esters is 1. The molecule has 1 aromatic carbocycles. The van der Waals surface area contributed by atoms with Crippen LogP contribution in [0.4, 0.5) is 0 Å². The van der Waals surface area contributed by atoms with Crippen LogP contribution in [-0.2, 0) is 17.1 Å². The summed E-state index contributed by atoms with van der Waals surface area (Å²) in [4.78, 5) is 34.5. The van der Waals surface area contributed by atoms with E-state index >= 15 is 0 Å². The summed E-state index contributed by atoms with van der Waals surface area (Å²) < 4.78 is 6.82. The highest BCUT2D eigenvalue weighted by Crippen LogP contribution is 2.24. The number of benzene rings is 1. The predicted molar refractivity (Wildman–Crippen MR) is 118 cm³/mol. The fraction of sp³-hybridized carbons (Fsp3) is 0.182. The fourth-order valence-corrected chi connectivity index (χ4v) is 4.38. The molecule has 0 radical (unpaired) electrons. The number of aromatic nitrogens is 3. The Hall–Kier alpha value is -2.97. The van der Waals surface area contributed by atoms with E-state index in [0.717, 1.165) is 26.9 Å². The van der Waals surface area contributed by atoms with Crippen molar-refractivity contribution in [1.29, 1.82) is 0 Å². The van der Waals surface area contributed by atoms with Crippen molar-refractivity contribution in [3.63, 3.8) is 0 Å². The topological polar surface area (TPSA) is 73.6 Å². The van der Waals surface area contributed by atoms with Crippen molar-refractivity contribution in [2.45, 2.75) is 31.1 Å². The molecule has 3 heterocycles. The Morgan fingerprint density at radius 1 is 1.10 bits per heavy atom. The van der Waals surface area contributed by atoms with Crippen LogP contribution in [0.5, 0.6) is 0 Å². The smallest absolute Gasteiger partial charge is 0.338 e. The Morgan fingerprint density at radius 3 is 2.63 bits per heavy atom. The van der Waals surface area contributed by atoms with Crippen LogP contribution < -0.4 is 5.56 Å². The summed E-state index contributed by atoms with van der Waals surface area (Å²) in [5, 5.41) is 3.12. The molecule has 8 heteroatoms. The maximum atomic E-state index is 12.4. The summed E-state index contributed by atoms with van der Waals surface area (Å²) in [6.07, 6.45) is 1.69. The molecule has 0 aliphatic carbocycles. The summed E-state index contributed by atoms with van der Waals surface area (Å²) in [7, 11) is 0. The van der Waals surface area contributed by atoms with Gasteiger partial charge < -0.3 is 4.74 Å². The summed E-state index contributed by atoms with van der Waals surface area (Å²) in [6.45, 7) is 3.86. The third-order valence-electron chi connectivity index (χ3n) is 4.37. The van der Waals surface area contributed by atoms with Crippen molar-refractivity contribution in [1.82, 2.24) is 14.4 Å². The fourth-order valence-electron chi connectivity index (χ4n) is 2.87. The number of fused-ring (bicyclic) bond motifs is 1. The lowest BCUT2D eigenvalue weighted by Gasteiger charge is -2.07. The molecule has 3 aromatic heterocycles. The van der Waals surface area contributed by atoms with E-state index in [1.807, 2.05) is 38.1 Å². The van der Waals surface area contributed by atoms with Crippen molar-refractivity contribution < 1.29 is 9.53 Å². The number of aryl methyl sites for hydroxylation is 2. The monoisotopic (exact) mass is 437 g/mol. The number of nitrogens with zero attached hydrogens (tertiary/aromatic N) is 3. The zero-order chi connectivity index (χ0) is 21.1. The second-order valence-electron chi connectivity index (χ2n) is 6.77. The van der Waals surface area contributed by atoms with Gasteiger partial charge in [0.15, 0.2) is 0 Å². The molecule has 0 atom stereocenters. The molecule has 0 N–H and O–H groups in total. The van der Waals surface area contributed by atoms with Gasteiger partial charge in [-0.25, -0.2) is 14.8 Å². The average Bonchev–Trinajstić information content (AvgIpc) is 3.15. The van der Waals surface area contributed by atoms with Crippen LogP contribution in [0.2, 0.25) is 0 Å². The van der Waals surface area contributed by atoms with E-state index in [0.29, 0.717) is 16.9 Å². The van der Waals surface area contributed by atoms with Gasteiger partial charge in [-0.05, 0) is 55.8 Å².